The van der Waals surface area contributed by atoms with Crippen molar-refractivity contribution < 1.29 is 23.5 Å². The zero-order valence-corrected chi connectivity index (χ0v) is 28.5. The predicted octanol–water partition coefficient (Wildman–Crippen LogP) is 3.91. The number of urea groups is 1. The van der Waals surface area contributed by atoms with E-state index < -0.39 is 5.82 Å². The van der Waals surface area contributed by atoms with Gasteiger partial charge in [0.15, 0.2) is 5.69 Å². The summed E-state index contributed by atoms with van der Waals surface area (Å²) in [5, 5.41) is 10.3. The van der Waals surface area contributed by atoms with Crippen molar-refractivity contribution in [3.63, 3.8) is 0 Å². The molecule has 48 heavy (non-hydrogen) atoms. The van der Waals surface area contributed by atoms with Gasteiger partial charge in [-0.15, -0.1) is 0 Å². The van der Waals surface area contributed by atoms with Crippen LogP contribution in [0.5, 0.6) is 0 Å². The van der Waals surface area contributed by atoms with Gasteiger partial charge in [0.05, 0.1) is 25.4 Å². The van der Waals surface area contributed by atoms with Crippen molar-refractivity contribution in [3.8, 4) is 0 Å². The molecule has 3 aliphatic rings. The number of nitrogens with one attached hydrogen (secondary N) is 2. The Labute approximate surface area is 280 Å². The van der Waals surface area contributed by atoms with E-state index in [4.69, 9.17) is 9.84 Å². The number of rotatable bonds is 7. The molecule has 0 saturated carbocycles. The summed E-state index contributed by atoms with van der Waals surface area (Å²) in [6.07, 6.45) is 0. The lowest BCUT2D eigenvalue weighted by Gasteiger charge is -2.53. The van der Waals surface area contributed by atoms with E-state index in [0.717, 1.165) is 36.6 Å². The van der Waals surface area contributed by atoms with Gasteiger partial charge in [-0.05, 0) is 62.9 Å². The molecular weight excluding hydrogens is 615 g/mol. The van der Waals surface area contributed by atoms with Gasteiger partial charge in [0.2, 0.25) is 0 Å². The number of carbonyl (C=O) groups excluding carboxylic acids is 3. The van der Waals surface area contributed by atoms with E-state index in [1.807, 2.05) is 49.8 Å². The van der Waals surface area contributed by atoms with Crippen molar-refractivity contribution in [3.05, 3.63) is 76.4 Å². The summed E-state index contributed by atoms with van der Waals surface area (Å²) in [6.45, 7) is 10.7. The fourth-order valence-corrected chi connectivity index (χ4v) is 6.93. The minimum atomic E-state index is -0.580. The fraction of sp³-hybridized carbons (Fsp3) is 0.486. The quantitative estimate of drug-likeness (QED) is 0.395. The number of ether oxygens (including phenoxy) is 1. The molecule has 6 rings (SSSR count). The number of amides is 4. The summed E-state index contributed by atoms with van der Waals surface area (Å²) >= 11 is 0. The smallest absolute Gasteiger partial charge is 0.322 e. The predicted molar refractivity (Wildman–Crippen MR) is 181 cm³/mol. The average Bonchev–Trinajstić information content (AvgIpc) is 3.44. The number of morpholine rings is 1. The van der Waals surface area contributed by atoms with E-state index in [1.54, 1.807) is 30.0 Å². The lowest BCUT2D eigenvalue weighted by molar-refractivity contribution is -0.165. The zero-order valence-electron chi connectivity index (χ0n) is 28.5. The third-order valence-electron chi connectivity index (χ3n) is 9.36. The van der Waals surface area contributed by atoms with Crippen LogP contribution in [0.3, 0.4) is 0 Å². The highest BCUT2D eigenvalue weighted by atomic mass is 19.1. The standard InChI is InChI=1S/C35H45FN8O4/c1-22(2)44-31-23(3)17-42(26-10-8-25(9-11-26)33(46)40(4)5)18-27(31)30(39-44)32(45)37-16-24-7-12-29(28(36)15-24)38-34(47)43-20-35(21-43)19-41(6)13-14-48-35/h7-12,15,22-23H,13-14,16-21H2,1-6H3,(H,37,45)(H,38,47)/t23-/m0/s1. The summed E-state index contributed by atoms with van der Waals surface area (Å²) in [6, 6.07) is 11.7. The minimum Gasteiger partial charge on any atom is -0.369 e. The van der Waals surface area contributed by atoms with Gasteiger partial charge in [0, 0.05) is 81.3 Å². The molecule has 2 saturated heterocycles. The Kier molecular flexibility index (Phi) is 9.18. The van der Waals surface area contributed by atoms with Gasteiger partial charge < -0.3 is 35.0 Å². The third-order valence-corrected chi connectivity index (χ3v) is 9.36. The molecule has 1 aromatic heterocycles. The van der Waals surface area contributed by atoms with Crippen LogP contribution < -0.4 is 15.5 Å². The zero-order chi connectivity index (χ0) is 34.3. The maximum absolute atomic E-state index is 15.1. The number of likely N-dealkylation sites (N-methyl/N-ethyl adjacent to an activating group) is 1. The molecule has 3 aliphatic heterocycles. The van der Waals surface area contributed by atoms with E-state index in [1.165, 1.54) is 12.1 Å². The Morgan fingerprint density at radius 1 is 1.10 bits per heavy atom. The Balaban J connectivity index is 1.11. The Morgan fingerprint density at radius 3 is 2.48 bits per heavy atom. The highest BCUT2D eigenvalue weighted by molar-refractivity contribution is 5.95. The minimum absolute atomic E-state index is 0.0563. The van der Waals surface area contributed by atoms with Crippen LogP contribution in [0.15, 0.2) is 42.5 Å². The molecule has 0 radical (unpaired) electrons. The maximum atomic E-state index is 15.1. The van der Waals surface area contributed by atoms with Gasteiger partial charge in [-0.2, -0.15) is 5.10 Å². The van der Waals surface area contributed by atoms with Crippen molar-refractivity contribution in [1.82, 2.24) is 29.8 Å². The van der Waals surface area contributed by atoms with Crippen LogP contribution in [0.25, 0.3) is 0 Å². The first kappa shape index (κ1) is 33.4. The number of fused-ring (bicyclic) bond motifs is 1. The topological polar surface area (TPSA) is 115 Å². The highest BCUT2D eigenvalue weighted by Crippen LogP contribution is 2.35. The van der Waals surface area contributed by atoms with E-state index in [9.17, 15) is 14.4 Å². The molecule has 1 spiro atoms. The molecule has 2 fully saturated rings. The second kappa shape index (κ2) is 13.2. The Bertz CT molecular complexity index is 1700. The van der Waals surface area contributed by atoms with Crippen LogP contribution in [-0.4, -0.2) is 108 Å². The van der Waals surface area contributed by atoms with Crippen LogP contribution in [0.2, 0.25) is 0 Å². The van der Waals surface area contributed by atoms with Crippen LogP contribution in [0.1, 0.15) is 70.4 Å². The van der Waals surface area contributed by atoms with Crippen LogP contribution in [0.4, 0.5) is 20.6 Å². The van der Waals surface area contributed by atoms with E-state index in [0.29, 0.717) is 43.1 Å². The van der Waals surface area contributed by atoms with E-state index in [-0.39, 0.29) is 47.6 Å². The summed E-state index contributed by atoms with van der Waals surface area (Å²) in [5.74, 6) is -0.881. The molecule has 1 atom stereocenters. The second-order valence-corrected chi connectivity index (χ2v) is 13.8. The lowest BCUT2D eigenvalue weighted by atomic mass is 9.92. The summed E-state index contributed by atoms with van der Waals surface area (Å²) in [7, 11) is 5.48. The molecule has 2 aromatic carbocycles. The molecule has 3 aromatic rings. The van der Waals surface area contributed by atoms with Gasteiger partial charge in [0.25, 0.3) is 11.8 Å². The highest BCUT2D eigenvalue weighted by Gasteiger charge is 2.48. The fourth-order valence-electron chi connectivity index (χ4n) is 6.93. The van der Waals surface area contributed by atoms with Gasteiger partial charge in [0.1, 0.15) is 11.4 Å². The normalized spacial score (nSPS) is 18.8. The third kappa shape index (κ3) is 6.61. The number of aromatic nitrogens is 2. The van der Waals surface area contributed by atoms with Crippen molar-refractivity contribution in [2.24, 2.45) is 0 Å². The van der Waals surface area contributed by atoms with Crippen molar-refractivity contribution >= 4 is 29.2 Å². The first-order chi connectivity index (χ1) is 22.8. The summed E-state index contributed by atoms with van der Waals surface area (Å²) in [4.78, 5) is 46.3. The van der Waals surface area contributed by atoms with Crippen LogP contribution in [0, 0.1) is 5.82 Å². The number of likely N-dealkylation sites (tertiary alicyclic amines) is 1. The van der Waals surface area contributed by atoms with Gasteiger partial charge in [-0.3, -0.25) is 14.3 Å². The van der Waals surface area contributed by atoms with Crippen molar-refractivity contribution in [2.75, 3.05) is 70.7 Å². The molecule has 12 nitrogen and oxygen atoms in total. The monoisotopic (exact) mass is 660 g/mol. The average molecular weight is 661 g/mol. The number of halogens is 1. The molecule has 13 heteroatoms. The molecule has 0 unspecified atom stereocenters. The molecule has 0 aliphatic carbocycles. The number of carbonyl (C=O) groups is 3. The van der Waals surface area contributed by atoms with Crippen molar-refractivity contribution in [1.29, 1.82) is 0 Å². The first-order valence-electron chi connectivity index (χ1n) is 16.5. The van der Waals surface area contributed by atoms with Crippen LogP contribution in [-0.2, 0) is 17.8 Å². The largest absolute Gasteiger partial charge is 0.369 e. The van der Waals surface area contributed by atoms with Gasteiger partial charge in [-0.1, -0.05) is 13.0 Å². The van der Waals surface area contributed by atoms with Crippen molar-refractivity contribution in [2.45, 2.75) is 51.4 Å². The maximum Gasteiger partial charge on any atom is 0.322 e. The molecular formula is C35H45FN8O4. The SMILES string of the molecule is CC(C)n1nc(C(=O)NCc2ccc(NC(=O)N3CC4(CN(C)CCO4)C3)c(F)c2)c2c1[C@@H](C)CN(c1ccc(C(=O)N(C)C)cc1)C2. The molecule has 256 valence electrons. The van der Waals surface area contributed by atoms with Gasteiger partial charge in [-0.25, -0.2) is 9.18 Å². The van der Waals surface area contributed by atoms with Crippen LogP contribution >= 0.6 is 0 Å². The second-order valence-electron chi connectivity index (χ2n) is 13.8. The molecule has 4 heterocycles. The first-order valence-corrected chi connectivity index (χ1v) is 16.5. The molecule has 0 bridgehead atoms. The lowest BCUT2D eigenvalue weighted by Crippen LogP contribution is -2.71. The van der Waals surface area contributed by atoms with E-state index >= 15 is 4.39 Å². The molecule has 4 amide bonds. The number of hydrogen-bond acceptors (Lipinski definition) is 7. The summed E-state index contributed by atoms with van der Waals surface area (Å²) < 4.78 is 22.9. The Hall–Kier alpha value is -4.49. The number of benzene rings is 2. The summed E-state index contributed by atoms with van der Waals surface area (Å²) in [5.41, 5.74) is 4.10. The number of nitrogens with zero attached hydrogens (tertiary/aromatic N) is 6. The Morgan fingerprint density at radius 2 is 1.83 bits per heavy atom. The van der Waals surface area contributed by atoms with Gasteiger partial charge >= 0.3 is 6.03 Å². The number of anilines is 2. The van der Waals surface area contributed by atoms with E-state index in [2.05, 4.69) is 27.4 Å². The molecule has 2 N–H and O–H groups in total. The number of hydrogen-bond donors (Lipinski definition) is 2.